The summed E-state index contributed by atoms with van der Waals surface area (Å²) in [4.78, 5) is 18.1. The molecule has 4 fully saturated rings. The Hall–Kier alpha value is -2.14. The van der Waals surface area contributed by atoms with Gasteiger partial charge in [0.05, 0.1) is 6.04 Å². The Bertz CT molecular complexity index is 793. The lowest BCUT2D eigenvalue weighted by atomic mass is 9.75. The van der Waals surface area contributed by atoms with E-state index >= 15 is 0 Å². The molecule has 0 saturated carbocycles. The number of amides is 1. The van der Waals surface area contributed by atoms with Gasteiger partial charge in [-0.2, -0.15) is 5.10 Å². The number of likely N-dealkylation sites (tertiary alicyclic amines) is 1. The van der Waals surface area contributed by atoms with Gasteiger partial charge < -0.3 is 4.90 Å². The van der Waals surface area contributed by atoms with E-state index in [1.165, 1.54) is 31.5 Å². The Morgan fingerprint density at radius 1 is 1.12 bits per heavy atom. The maximum atomic E-state index is 13.2. The summed E-state index contributed by atoms with van der Waals surface area (Å²) in [7, 11) is 0. The lowest BCUT2D eigenvalue weighted by molar-refractivity contribution is -0.136. The highest BCUT2D eigenvalue weighted by Gasteiger charge is 2.54. The van der Waals surface area contributed by atoms with Crippen molar-refractivity contribution >= 4 is 5.91 Å². The van der Waals surface area contributed by atoms with Crippen molar-refractivity contribution in [3.05, 3.63) is 53.9 Å². The maximum absolute atomic E-state index is 13.2. The van der Waals surface area contributed by atoms with Crippen LogP contribution < -0.4 is 0 Å². The summed E-state index contributed by atoms with van der Waals surface area (Å²) in [6.07, 6.45) is 4.23. The molecule has 26 heavy (non-hydrogen) atoms. The molecule has 1 aromatic heterocycles. The van der Waals surface area contributed by atoms with Gasteiger partial charge in [0.25, 0.3) is 0 Å². The SMILES string of the molecule is Cc1ccnn1CC(=O)N1C[C@H](c2ccccc2)[C@@H]2[C@H]1C1CCN2CC1. The highest BCUT2D eigenvalue weighted by molar-refractivity contribution is 5.77. The van der Waals surface area contributed by atoms with Gasteiger partial charge in [-0.25, -0.2) is 0 Å². The average molecular weight is 350 g/mol. The highest BCUT2D eigenvalue weighted by Crippen LogP contribution is 2.46. The average Bonchev–Trinajstić information content (AvgIpc) is 3.29. The van der Waals surface area contributed by atoms with Gasteiger partial charge in [-0.3, -0.25) is 14.4 Å². The van der Waals surface area contributed by atoms with Crippen molar-refractivity contribution in [3.8, 4) is 0 Å². The van der Waals surface area contributed by atoms with Gasteiger partial charge in [0.1, 0.15) is 6.54 Å². The Morgan fingerprint density at radius 2 is 1.88 bits per heavy atom. The van der Waals surface area contributed by atoms with Gasteiger partial charge in [-0.05, 0) is 50.4 Å². The lowest BCUT2D eigenvalue weighted by Gasteiger charge is -2.51. The standard InChI is InChI=1S/C21H26N4O/c1-15-7-10-22-25(15)14-19(26)24-13-18(16-5-3-2-4-6-16)21-20(24)17-8-11-23(21)12-9-17/h2-7,10,17-18,20-21H,8-9,11-14H2,1H3/t18-,20-,21-/m1/s1. The van der Waals surface area contributed by atoms with Crippen LogP contribution in [0.5, 0.6) is 0 Å². The van der Waals surface area contributed by atoms with Crippen LogP contribution in [-0.4, -0.2) is 57.2 Å². The van der Waals surface area contributed by atoms with Crippen LogP contribution in [0.15, 0.2) is 42.6 Å². The van der Waals surface area contributed by atoms with E-state index in [1.54, 1.807) is 6.20 Å². The van der Waals surface area contributed by atoms with Gasteiger partial charge >= 0.3 is 0 Å². The van der Waals surface area contributed by atoms with E-state index < -0.39 is 0 Å². The molecular weight excluding hydrogens is 324 g/mol. The van der Waals surface area contributed by atoms with Gasteiger partial charge in [0, 0.05) is 30.4 Å². The minimum Gasteiger partial charge on any atom is -0.336 e. The molecule has 4 aliphatic heterocycles. The van der Waals surface area contributed by atoms with Crippen LogP contribution in [-0.2, 0) is 11.3 Å². The number of benzene rings is 1. The monoisotopic (exact) mass is 350 g/mol. The van der Waals surface area contributed by atoms with Gasteiger partial charge in [-0.15, -0.1) is 0 Å². The summed E-state index contributed by atoms with van der Waals surface area (Å²) in [5, 5.41) is 4.32. The highest BCUT2D eigenvalue weighted by atomic mass is 16.2. The molecule has 6 rings (SSSR count). The Labute approximate surface area is 154 Å². The van der Waals surface area contributed by atoms with Gasteiger partial charge in [-0.1, -0.05) is 30.3 Å². The van der Waals surface area contributed by atoms with Crippen LogP contribution in [0.3, 0.4) is 0 Å². The number of hydrogen-bond donors (Lipinski definition) is 0. The zero-order chi connectivity index (χ0) is 17.7. The molecule has 0 unspecified atom stereocenters. The zero-order valence-electron chi connectivity index (χ0n) is 15.3. The van der Waals surface area contributed by atoms with Crippen molar-refractivity contribution in [1.29, 1.82) is 0 Å². The summed E-state index contributed by atoms with van der Waals surface area (Å²) in [5.74, 6) is 1.30. The first kappa shape index (κ1) is 16.1. The summed E-state index contributed by atoms with van der Waals surface area (Å²) in [6, 6.07) is 13.6. The molecule has 136 valence electrons. The fourth-order valence-electron chi connectivity index (χ4n) is 5.48. The topological polar surface area (TPSA) is 41.4 Å². The first-order valence-corrected chi connectivity index (χ1v) is 9.79. The third-order valence-electron chi connectivity index (χ3n) is 6.76. The van der Waals surface area contributed by atoms with Crippen LogP contribution >= 0.6 is 0 Å². The summed E-state index contributed by atoms with van der Waals surface area (Å²) in [5.41, 5.74) is 2.42. The zero-order valence-corrected chi connectivity index (χ0v) is 15.3. The molecule has 5 nitrogen and oxygen atoms in total. The smallest absolute Gasteiger partial charge is 0.244 e. The van der Waals surface area contributed by atoms with Crippen LogP contribution in [0.1, 0.15) is 30.0 Å². The third kappa shape index (κ3) is 2.49. The number of aryl methyl sites for hydroxylation is 1. The fourth-order valence-corrected chi connectivity index (χ4v) is 5.48. The Balaban J connectivity index is 1.46. The number of piperidine rings is 3. The number of carbonyl (C=O) groups excluding carboxylic acids is 1. The summed E-state index contributed by atoms with van der Waals surface area (Å²) in [6.45, 7) is 5.58. The summed E-state index contributed by atoms with van der Waals surface area (Å²) >= 11 is 0. The molecule has 4 saturated heterocycles. The van der Waals surface area contributed by atoms with E-state index in [-0.39, 0.29) is 5.91 Å². The lowest BCUT2D eigenvalue weighted by Crippen LogP contribution is -2.61. The first-order chi connectivity index (χ1) is 12.7. The van der Waals surface area contributed by atoms with Crippen LogP contribution in [0.4, 0.5) is 0 Å². The largest absolute Gasteiger partial charge is 0.336 e. The molecule has 0 spiro atoms. The Kier molecular flexibility index (Phi) is 3.85. The molecular formula is C21H26N4O. The van der Waals surface area contributed by atoms with E-state index in [4.69, 9.17) is 0 Å². The molecule has 0 radical (unpaired) electrons. The second-order valence-electron chi connectivity index (χ2n) is 8.05. The van der Waals surface area contributed by atoms with Crippen molar-refractivity contribution in [2.45, 2.75) is 44.3 Å². The van der Waals surface area contributed by atoms with E-state index in [9.17, 15) is 4.79 Å². The van der Waals surface area contributed by atoms with Crippen LogP contribution in [0.25, 0.3) is 0 Å². The predicted molar refractivity (Wildman–Crippen MR) is 99.7 cm³/mol. The molecule has 4 aliphatic rings. The van der Waals surface area contributed by atoms with E-state index in [1.807, 2.05) is 17.7 Å². The molecule has 5 heteroatoms. The second-order valence-corrected chi connectivity index (χ2v) is 8.05. The van der Waals surface area contributed by atoms with Gasteiger partial charge in [0.2, 0.25) is 5.91 Å². The molecule has 1 amide bonds. The number of hydrogen-bond acceptors (Lipinski definition) is 3. The van der Waals surface area contributed by atoms with Crippen LogP contribution in [0.2, 0.25) is 0 Å². The molecule has 1 aromatic carbocycles. The first-order valence-electron chi connectivity index (χ1n) is 9.79. The normalized spacial score (nSPS) is 32.7. The van der Waals surface area contributed by atoms with E-state index in [0.717, 1.165) is 12.2 Å². The maximum Gasteiger partial charge on any atom is 0.244 e. The number of rotatable bonds is 3. The number of carbonyl (C=O) groups is 1. The minimum atomic E-state index is 0.221. The summed E-state index contributed by atoms with van der Waals surface area (Å²) < 4.78 is 1.83. The molecule has 2 bridgehead atoms. The van der Waals surface area contributed by atoms with Crippen molar-refractivity contribution in [1.82, 2.24) is 19.6 Å². The molecule has 3 atom stereocenters. The van der Waals surface area contributed by atoms with E-state index in [0.29, 0.717) is 30.5 Å². The fraction of sp³-hybridized carbons (Fsp3) is 0.524. The number of nitrogens with zero attached hydrogens (tertiary/aromatic N) is 4. The van der Waals surface area contributed by atoms with Crippen molar-refractivity contribution < 1.29 is 4.79 Å². The molecule has 5 heterocycles. The molecule has 2 aromatic rings. The predicted octanol–water partition coefficient (Wildman–Crippen LogP) is 2.28. The van der Waals surface area contributed by atoms with E-state index in [2.05, 4.69) is 45.2 Å². The van der Waals surface area contributed by atoms with Crippen molar-refractivity contribution in [2.24, 2.45) is 5.92 Å². The van der Waals surface area contributed by atoms with Crippen molar-refractivity contribution in [2.75, 3.05) is 19.6 Å². The number of aromatic nitrogens is 2. The minimum absolute atomic E-state index is 0.221. The van der Waals surface area contributed by atoms with Gasteiger partial charge in [0.15, 0.2) is 0 Å². The third-order valence-corrected chi connectivity index (χ3v) is 6.76. The van der Waals surface area contributed by atoms with Crippen molar-refractivity contribution in [3.63, 3.8) is 0 Å². The quantitative estimate of drug-likeness (QED) is 0.853. The molecule has 0 N–H and O–H groups in total. The Morgan fingerprint density at radius 3 is 2.58 bits per heavy atom. The molecule has 0 aliphatic carbocycles. The second kappa shape index (κ2) is 6.23. The van der Waals surface area contributed by atoms with Crippen LogP contribution in [0, 0.1) is 12.8 Å². The number of fused-ring (bicyclic) bond motifs is 2.